The second-order valence-corrected chi connectivity index (χ2v) is 7.66. The maximum absolute atomic E-state index is 6.42. The first-order chi connectivity index (χ1) is 13.8. The molecule has 2 saturated heterocycles. The van der Waals surface area contributed by atoms with Gasteiger partial charge in [-0.15, -0.1) is 0 Å². The molecule has 0 spiro atoms. The minimum absolute atomic E-state index is 0.139. The van der Waals surface area contributed by atoms with Crippen LogP contribution in [-0.4, -0.2) is 47.2 Å². The van der Waals surface area contributed by atoms with Crippen LogP contribution in [0.5, 0.6) is 5.75 Å². The van der Waals surface area contributed by atoms with E-state index in [9.17, 15) is 0 Å². The zero-order valence-electron chi connectivity index (χ0n) is 16.2. The molecule has 0 amide bonds. The summed E-state index contributed by atoms with van der Waals surface area (Å²) in [7, 11) is 0. The van der Waals surface area contributed by atoms with Gasteiger partial charge >= 0.3 is 0 Å². The van der Waals surface area contributed by atoms with Crippen molar-refractivity contribution in [1.29, 1.82) is 0 Å². The lowest BCUT2D eigenvalue weighted by Crippen LogP contribution is -2.27. The lowest BCUT2D eigenvalue weighted by molar-refractivity contribution is 0.224. The molecular weight excluding hydrogens is 350 g/mol. The molecule has 1 aromatic carbocycles. The molecule has 144 valence electrons. The van der Waals surface area contributed by atoms with Crippen LogP contribution in [0.1, 0.15) is 24.8 Å². The Bertz CT molecular complexity index is 986. The number of hydrogen-bond donors (Lipinski definition) is 0. The van der Waals surface area contributed by atoms with Crippen LogP contribution in [0.3, 0.4) is 0 Å². The Morgan fingerprint density at radius 1 is 0.929 bits per heavy atom. The van der Waals surface area contributed by atoms with E-state index in [-0.39, 0.29) is 6.10 Å². The van der Waals surface area contributed by atoms with Gasteiger partial charge in [0.1, 0.15) is 18.2 Å². The average molecular weight is 375 g/mol. The number of benzene rings is 1. The Hall–Kier alpha value is -2.89. The van der Waals surface area contributed by atoms with E-state index in [0.29, 0.717) is 0 Å². The van der Waals surface area contributed by atoms with E-state index < -0.39 is 0 Å². The third-order valence-electron chi connectivity index (χ3n) is 5.74. The van der Waals surface area contributed by atoms with Crippen molar-refractivity contribution in [2.24, 2.45) is 0 Å². The van der Waals surface area contributed by atoms with E-state index in [1.165, 1.54) is 18.4 Å². The Morgan fingerprint density at radius 2 is 1.82 bits per heavy atom. The van der Waals surface area contributed by atoms with Gasteiger partial charge in [-0.1, -0.05) is 12.1 Å². The van der Waals surface area contributed by atoms with Gasteiger partial charge in [-0.2, -0.15) is 0 Å². The topological polar surface area (TPSA) is 54.4 Å². The summed E-state index contributed by atoms with van der Waals surface area (Å²) in [5.41, 5.74) is 2.21. The van der Waals surface area contributed by atoms with Gasteiger partial charge in [0.15, 0.2) is 11.6 Å². The molecular formula is C22H25N5O. The highest BCUT2D eigenvalue weighted by Gasteiger charge is 2.28. The highest BCUT2D eigenvalue weighted by Crippen LogP contribution is 2.32. The van der Waals surface area contributed by atoms with Gasteiger partial charge < -0.3 is 14.5 Å². The van der Waals surface area contributed by atoms with Crippen molar-refractivity contribution in [3.05, 3.63) is 48.4 Å². The number of rotatable bonds is 4. The molecule has 4 heterocycles. The molecule has 0 bridgehead atoms. The van der Waals surface area contributed by atoms with Crippen molar-refractivity contribution in [2.45, 2.75) is 32.3 Å². The largest absolute Gasteiger partial charge is 0.485 e. The molecule has 0 saturated carbocycles. The van der Waals surface area contributed by atoms with Crippen LogP contribution in [0.15, 0.2) is 42.9 Å². The van der Waals surface area contributed by atoms with E-state index in [1.54, 1.807) is 6.33 Å². The van der Waals surface area contributed by atoms with Gasteiger partial charge in [0, 0.05) is 37.6 Å². The lowest BCUT2D eigenvalue weighted by Gasteiger charge is -2.23. The van der Waals surface area contributed by atoms with Crippen molar-refractivity contribution in [1.82, 2.24) is 15.0 Å². The summed E-state index contributed by atoms with van der Waals surface area (Å²) in [5, 5.41) is 1.11. The van der Waals surface area contributed by atoms with Crippen molar-refractivity contribution in [3.63, 3.8) is 0 Å². The highest BCUT2D eigenvalue weighted by atomic mass is 16.5. The number of anilines is 2. The van der Waals surface area contributed by atoms with Crippen LogP contribution in [0, 0.1) is 6.92 Å². The molecule has 0 N–H and O–H groups in total. The van der Waals surface area contributed by atoms with E-state index in [1.807, 2.05) is 18.3 Å². The molecule has 0 aliphatic carbocycles. The SMILES string of the molecule is Cc1cccc2c(N3CC[C@H](Oc4cccnc4N4CCCC4)C3)ncnc12. The predicted molar refractivity (Wildman–Crippen MR) is 111 cm³/mol. The van der Waals surface area contributed by atoms with Gasteiger partial charge in [-0.3, -0.25) is 0 Å². The third-order valence-corrected chi connectivity index (χ3v) is 5.74. The van der Waals surface area contributed by atoms with Crippen molar-refractivity contribution < 1.29 is 4.74 Å². The van der Waals surface area contributed by atoms with Crippen molar-refractivity contribution >= 4 is 22.5 Å². The molecule has 6 nitrogen and oxygen atoms in total. The van der Waals surface area contributed by atoms with Crippen molar-refractivity contribution in [3.8, 4) is 5.75 Å². The number of aromatic nitrogens is 3. The summed E-state index contributed by atoms with van der Waals surface area (Å²) in [5.74, 6) is 2.90. The summed E-state index contributed by atoms with van der Waals surface area (Å²) in [6.45, 7) is 5.99. The van der Waals surface area contributed by atoms with E-state index >= 15 is 0 Å². The number of nitrogens with zero attached hydrogens (tertiary/aromatic N) is 5. The molecule has 2 aliphatic heterocycles. The van der Waals surface area contributed by atoms with Gasteiger partial charge in [0.25, 0.3) is 0 Å². The zero-order valence-corrected chi connectivity index (χ0v) is 16.2. The maximum Gasteiger partial charge on any atom is 0.171 e. The molecule has 0 radical (unpaired) electrons. The Labute approximate surface area is 165 Å². The van der Waals surface area contributed by atoms with Gasteiger partial charge in [0.05, 0.1) is 12.1 Å². The fourth-order valence-electron chi connectivity index (χ4n) is 4.31. The minimum atomic E-state index is 0.139. The molecule has 2 aliphatic rings. The lowest BCUT2D eigenvalue weighted by atomic mass is 10.1. The summed E-state index contributed by atoms with van der Waals surface area (Å²) >= 11 is 0. The summed E-state index contributed by atoms with van der Waals surface area (Å²) in [6, 6.07) is 10.3. The van der Waals surface area contributed by atoms with Crippen LogP contribution in [-0.2, 0) is 0 Å². The highest BCUT2D eigenvalue weighted by molar-refractivity contribution is 5.91. The number of ether oxygens (including phenoxy) is 1. The predicted octanol–water partition coefficient (Wildman–Crippen LogP) is 3.59. The molecule has 5 rings (SSSR count). The van der Waals surface area contributed by atoms with Gasteiger partial charge in [0.2, 0.25) is 0 Å². The fraction of sp³-hybridized carbons (Fsp3) is 0.409. The van der Waals surface area contributed by atoms with E-state index in [4.69, 9.17) is 4.74 Å². The molecule has 0 unspecified atom stereocenters. The molecule has 1 atom stereocenters. The average Bonchev–Trinajstić information content (AvgIpc) is 3.41. The van der Waals surface area contributed by atoms with Gasteiger partial charge in [-0.05, 0) is 43.5 Å². The Balaban J connectivity index is 1.36. The van der Waals surface area contributed by atoms with Gasteiger partial charge in [-0.25, -0.2) is 15.0 Å². The molecule has 28 heavy (non-hydrogen) atoms. The zero-order chi connectivity index (χ0) is 18.9. The monoisotopic (exact) mass is 375 g/mol. The quantitative estimate of drug-likeness (QED) is 0.695. The smallest absolute Gasteiger partial charge is 0.171 e. The van der Waals surface area contributed by atoms with Crippen LogP contribution in [0.25, 0.3) is 10.9 Å². The number of para-hydroxylation sites is 1. The van der Waals surface area contributed by atoms with E-state index in [2.05, 4.69) is 49.9 Å². The third kappa shape index (κ3) is 3.13. The summed E-state index contributed by atoms with van der Waals surface area (Å²) < 4.78 is 6.42. The first-order valence-corrected chi connectivity index (χ1v) is 10.1. The van der Waals surface area contributed by atoms with Crippen molar-refractivity contribution in [2.75, 3.05) is 36.0 Å². The number of aryl methyl sites for hydroxylation is 1. The number of fused-ring (bicyclic) bond motifs is 1. The van der Waals surface area contributed by atoms with E-state index in [0.717, 1.165) is 60.9 Å². The minimum Gasteiger partial charge on any atom is -0.485 e. The van der Waals surface area contributed by atoms with Crippen LogP contribution >= 0.6 is 0 Å². The number of pyridine rings is 1. The fourth-order valence-corrected chi connectivity index (χ4v) is 4.31. The normalized spacial score (nSPS) is 19.5. The second kappa shape index (κ2) is 7.26. The first kappa shape index (κ1) is 17.2. The Morgan fingerprint density at radius 3 is 2.71 bits per heavy atom. The molecule has 2 aromatic heterocycles. The number of hydrogen-bond acceptors (Lipinski definition) is 6. The summed E-state index contributed by atoms with van der Waals surface area (Å²) in [4.78, 5) is 18.3. The van der Waals surface area contributed by atoms with Crippen LogP contribution in [0.4, 0.5) is 11.6 Å². The standard InChI is InChI=1S/C22H25N5O/c1-16-6-4-7-18-20(16)24-15-25-21(18)27-13-9-17(14-27)28-19-8-5-10-23-22(19)26-11-2-3-12-26/h4-8,10,15,17H,2-3,9,11-14H2,1H3/t17-/m0/s1. The first-order valence-electron chi connectivity index (χ1n) is 10.1. The van der Waals surface area contributed by atoms with Crippen LogP contribution < -0.4 is 14.5 Å². The maximum atomic E-state index is 6.42. The second-order valence-electron chi connectivity index (χ2n) is 7.66. The van der Waals surface area contributed by atoms with Crippen LogP contribution in [0.2, 0.25) is 0 Å². The molecule has 6 heteroatoms. The summed E-state index contributed by atoms with van der Waals surface area (Å²) in [6.07, 6.45) is 7.11. The Kier molecular flexibility index (Phi) is 4.47. The molecule has 3 aromatic rings. The molecule has 2 fully saturated rings.